The van der Waals surface area contributed by atoms with E-state index in [0.29, 0.717) is 11.5 Å². The van der Waals surface area contributed by atoms with Crippen molar-refractivity contribution in [3.63, 3.8) is 0 Å². The van der Waals surface area contributed by atoms with Crippen molar-refractivity contribution >= 4 is 15.9 Å². The van der Waals surface area contributed by atoms with E-state index in [4.69, 9.17) is 4.74 Å². The van der Waals surface area contributed by atoms with Gasteiger partial charge in [-0.25, -0.2) is 8.42 Å². The first-order valence-corrected chi connectivity index (χ1v) is 14.0. The molecule has 1 amide bonds. The predicted octanol–water partition coefficient (Wildman–Crippen LogP) is 2.95. The van der Waals surface area contributed by atoms with Crippen LogP contribution in [0.25, 0.3) is 0 Å². The van der Waals surface area contributed by atoms with Crippen LogP contribution in [-0.2, 0) is 21.2 Å². The molecule has 0 aliphatic carbocycles. The van der Waals surface area contributed by atoms with Crippen molar-refractivity contribution in [3.8, 4) is 17.6 Å². The molecule has 2 heterocycles. The highest BCUT2D eigenvalue weighted by atomic mass is 32.2. The second-order valence-corrected chi connectivity index (χ2v) is 12.0. The lowest BCUT2D eigenvalue weighted by Gasteiger charge is -2.37. The third-order valence-electron chi connectivity index (χ3n) is 6.39. The maximum atomic E-state index is 13.6. The smallest absolute Gasteiger partial charge is 0.247 e. The van der Waals surface area contributed by atoms with Gasteiger partial charge < -0.3 is 14.7 Å². The quantitative estimate of drug-likeness (QED) is 0.556. The number of aromatic nitrogens is 1. The zero-order valence-electron chi connectivity index (χ0n) is 22.2. The van der Waals surface area contributed by atoms with E-state index in [9.17, 15) is 18.3 Å². The van der Waals surface area contributed by atoms with Crippen molar-refractivity contribution in [2.24, 2.45) is 11.8 Å². The van der Waals surface area contributed by atoms with Gasteiger partial charge in [-0.15, -0.1) is 0 Å². The molecule has 9 heteroatoms. The number of amides is 1. The third kappa shape index (κ3) is 7.31. The lowest BCUT2D eigenvalue weighted by Crippen LogP contribution is -2.50. The van der Waals surface area contributed by atoms with E-state index in [0.717, 1.165) is 12.0 Å². The number of nitrogens with zero attached hydrogens (tertiary/aromatic N) is 3. The molecule has 3 atom stereocenters. The Bertz CT molecular complexity index is 1240. The lowest BCUT2D eigenvalue weighted by atomic mass is 10.0. The van der Waals surface area contributed by atoms with Gasteiger partial charge in [-0.2, -0.15) is 4.31 Å². The highest BCUT2D eigenvalue weighted by Gasteiger charge is 2.38. The standard InChI is InChI=1S/C28H37N3O5S/c1-20(2)7-6-8-23-9-10-27-25(15-23)36-26(21(3)17-31(22(4)19-32)37(27,34)35)18-30(5)28(33)16-24-11-13-29-14-12-24/h9-15,20-22,26,32H,7,16-19H2,1-5H3/t21-,22-,26-/m0/s1. The molecule has 0 saturated carbocycles. The highest BCUT2D eigenvalue weighted by molar-refractivity contribution is 7.89. The number of sulfonamides is 1. The highest BCUT2D eigenvalue weighted by Crippen LogP contribution is 2.34. The SMILES string of the molecule is CC(C)CC#Cc1ccc2c(c1)O[C@@H](CN(C)C(=O)Cc1ccncc1)[C@@H](C)CN([C@@H](C)CO)S2(=O)=O. The van der Waals surface area contributed by atoms with Crippen LogP contribution in [0.5, 0.6) is 5.75 Å². The van der Waals surface area contributed by atoms with E-state index in [1.807, 2.05) is 6.92 Å². The van der Waals surface area contributed by atoms with Crippen molar-refractivity contribution in [2.75, 3.05) is 26.7 Å². The molecular weight excluding hydrogens is 490 g/mol. The van der Waals surface area contributed by atoms with Gasteiger partial charge in [-0.1, -0.05) is 32.6 Å². The van der Waals surface area contributed by atoms with Crippen LogP contribution in [-0.4, -0.2) is 72.5 Å². The number of rotatable bonds is 7. The molecule has 0 bridgehead atoms. The van der Waals surface area contributed by atoms with Gasteiger partial charge in [-0.05, 0) is 48.7 Å². The Kier molecular flexibility index (Phi) is 9.71. The molecule has 1 aromatic heterocycles. The molecule has 0 fully saturated rings. The number of aliphatic hydroxyl groups is 1. The molecule has 0 saturated heterocycles. The summed E-state index contributed by atoms with van der Waals surface area (Å²) in [4.78, 5) is 18.6. The molecule has 1 N–H and O–H groups in total. The lowest BCUT2D eigenvalue weighted by molar-refractivity contribution is -0.130. The summed E-state index contributed by atoms with van der Waals surface area (Å²) >= 11 is 0. The summed E-state index contributed by atoms with van der Waals surface area (Å²) in [6.07, 6.45) is 3.78. The summed E-state index contributed by atoms with van der Waals surface area (Å²) in [5.41, 5.74) is 1.52. The van der Waals surface area contributed by atoms with Gasteiger partial charge >= 0.3 is 0 Å². The molecule has 200 valence electrons. The number of likely N-dealkylation sites (N-methyl/N-ethyl adjacent to an activating group) is 1. The number of hydrogen-bond acceptors (Lipinski definition) is 6. The van der Waals surface area contributed by atoms with E-state index in [-0.39, 0.29) is 48.6 Å². The Morgan fingerprint density at radius 3 is 2.59 bits per heavy atom. The van der Waals surface area contributed by atoms with Gasteiger partial charge in [0.25, 0.3) is 0 Å². The number of fused-ring (bicyclic) bond motifs is 1. The minimum absolute atomic E-state index is 0.0323. The normalized spacial score (nSPS) is 20.0. The number of pyridine rings is 1. The predicted molar refractivity (Wildman–Crippen MR) is 142 cm³/mol. The van der Waals surface area contributed by atoms with E-state index >= 15 is 0 Å². The Labute approximate surface area is 220 Å². The second kappa shape index (κ2) is 12.5. The fourth-order valence-corrected chi connectivity index (χ4v) is 5.89. The molecule has 0 radical (unpaired) electrons. The van der Waals surface area contributed by atoms with E-state index < -0.39 is 22.2 Å². The average molecular weight is 528 g/mol. The van der Waals surface area contributed by atoms with Crippen molar-refractivity contribution in [1.82, 2.24) is 14.2 Å². The first-order valence-electron chi connectivity index (χ1n) is 12.6. The Balaban J connectivity index is 1.95. The molecule has 8 nitrogen and oxygen atoms in total. The van der Waals surface area contributed by atoms with Gasteiger partial charge in [0, 0.05) is 49.9 Å². The minimum atomic E-state index is -3.93. The average Bonchev–Trinajstić information content (AvgIpc) is 2.86. The van der Waals surface area contributed by atoms with Crippen LogP contribution in [0.1, 0.15) is 45.2 Å². The summed E-state index contributed by atoms with van der Waals surface area (Å²) in [7, 11) is -2.21. The molecule has 2 aromatic rings. The summed E-state index contributed by atoms with van der Waals surface area (Å²) in [5, 5.41) is 9.81. The second-order valence-electron chi connectivity index (χ2n) is 10.1. The van der Waals surface area contributed by atoms with Crippen LogP contribution in [0, 0.1) is 23.7 Å². The number of hydrogen-bond donors (Lipinski definition) is 1. The number of ether oxygens (including phenoxy) is 1. The zero-order valence-corrected chi connectivity index (χ0v) is 23.0. The van der Waals surface area contributed by atoms with E-state index in [2.05, 4.69) is 30.7 Å². The first kappa shape index (κ1) is 28.6. The van der Waals surface area contributed by atoms with Crippen molar-refractivity contribution in [3.05, 3.63) is 53.9 Å². The van der Waals surface area contributed by atoms with Crippen molar-refractivity contribution in [2.45, 2.75) is 57.6 Å². The molecule has 1 aromatic carbocycles. The summed E-state index contributed by atoms with van der Waals surface area (Å²) in [5.74, 6) is 6.52. The Hall–Kier alpha value is -2.93. The Morgan fingerprint density at radius 2 is 1.95 bits per heavy atom. The van der Waals surface area contributed by atoms with Crippen LogP contribution < -0.4 is 4.74 Å². The molecule has 1 aliphatic rings. The fraction of sp³-hybridized carbons (Fsp3) is 0.500. The Morgan fingerprint density at radius 1 is 1.24 bits per heavy atom. The number of carbonyl (C=O) groups excluding carboxylic acids is 1. The zero-order chi connectivity index (χ0) is 27.2. The maximum Gasteiger partial charge on any atom is 0.247 e. The topological polar surface area (TPSA) is 100 Å². The maximum absolute atomic E-state index is 13.6. The molecule has 3 rings (SSSR count). The fourth-order valence-electron chi connectivity index (χ4n) is 4.06. The number of carbonyl (C=O) groups is 1. The van der Waals surface area contributed by atoms with Crippen molar-refractivity contribution < 1.29 is 23.1 Å². The van der Waals surface area contributed by atoms with Gasteiger partial charge in [0.15, 0.2) is 0 Å². The molecule has 1 aliphatic heterocycles. The summed E-state index contributed by atoms with van der Waals surface area (Å²) in [6, 6.07) is 7.85. The van der Waals surface area contributed by atoms with Crippen LogP contribution in [0.2, 0.25) is 0 Å². The van der Waals surface area contributed by atoms with E-state index in [1.54, 1.807) is 55.5 Å². The van der Waals surface area contributed by atoms with Gasteiger partial charge in [0.2, 0.25) is 15.9 Å². The molecular formula is C28H37N3O5S. The third-order valence-corrected chi connectivity index (χ3v) is 8.41. The van der Waals surface area contributed by atoms with Gasteiger partial charge in [-0.3, -0.25) is 9.78 Å². The molecule has 0 unspecified atom stereocenters. The van der Waals surface area contributed by atoms with Gasteiger partial charge in [0.05, 0.1) is 19.6 Å². The number of benzene rings is 1. The number of aliphatic hydroxyl groups excluding tert-OH is 1. The minimum Gasteiger partial charge on any atom is -0.487 e. The van der Waals surface area contributed by atoms with Crippen LogP contribution >= 0.6 is 0 Å². The summed E-state index contributed by atoms with van der Waals surface area (Å²) in [6.45, 7) is 7.86. The van der Waals surface area contributed by atoms with Crippen LogP contribution in [0.4, 0.5) is 0 Å². The van der Waals surface area contributed by atoms with Crippen molar-refractivity contribution in [1.29, 1.82) is 0 Å². The van der Waals surface area contributed by atoms with Crippen LogP contribution in [0.3, 0.4) is 0 Å². The van der Waals surface area contributed by atoms with Crippen LogP contribution in [0.15, 0.2) is 47.6 Å². The summed E-state index contributed by atoms with van der Waals surface area (Å²) < 4.78 is 34.9. The van der Waals surface area contributed by atoms with Gasteiger partial charge in [0.1, 0.15) is 16.7 Å². The molecule has 0 spiro atoms. The molecule has 37 heavy (non-hydrogen) atoms. The van der Waals surface area contributed by atoms with E-state index in [1.165, 1.54) is 10.4 Å². The first-order chi connectivity index (χ1) is 17.5. The largest absolute Gasteiger partial charge is 0.487 e. The monoisotopic (exact) mass is 527 g/mol.